The first kappa shape index (κ1) is 8.18. The smallest absolute Gasteiger partial charge is 0.230 e. The zero-order valence-corrected chi connectivity index (χ0v) is 7.30. The molecule has 13 heavy (non-hydrogen) atoms. The first-order chi connectivity index (χ1) is 6.07. The van der Waals surface area contributed by atoms with Gasteiger partial charge in [-0.2, -0.15) is 4.98 Å². The second-order valence-electron chi connectivity index (χ2n) is 3.50. The Hall–Kier alpha value is -1.43. The molecule has 0 amide bonds. The monoisotopic (exact) mass is 181 g/mol. The largest absolute Gasteiger partial charge is 0.386 e. The molecule has 1 saturated heterocycles. The van der Waals surface area contributed by atoms with Gasteiger partial charge in [0, 0.05) is 0 Å². The van der Waals surface area contributed by atoms with Crippen LogP contribution in [0.25, 0.3) is 0 Å². The van der Waals surface area contributed by atoms with Gasteiger partial charge in [0.1, 0.15) is 6.33 Å². The van der Waals surface area contributed by atoms with Crippen LogP contribution in [-0.2, 0) is 0 Å². The molecule has 6 nitrogen and oxygen atoms in total. The van der Waals surface area contributed by atoms with Crippen molar-refractivity contribution in [2.24, 2.45) is 0 Å². The fourth-order valence-electron chi connectivity index (χ4n) is 1.37. The van der Waals surface area contributed by atoms with Gasteiger partial charge < -0.3 is 15.7 Å². The van der Waals surface area contributed by atoms with E-state index in [0.29, 0.717) is 19.0 Å². The molecule has 1 aliphatic heterocycles. The molecule has 0 radical (unpaired) electrons. The zero-order chi connectivity index (χ0) is 9.47. The maximum absolute atomic E-state index is 9.47. The molecule has 1 aliphatic rings. The molecule has 0 spiro atoms. The Bertz CT molecular complexity index is 318. The van der Waals surface area contributed by atoms with Crippen molar-refractivity contribution in [1.29, 1.82) is 0 Å². The van der Waals surface area contributed by atoms with Crippen LogP contribution in [-0.4, -0.2) is 38.7 Å². The van der Waals surface area contributed by atoms with Gasteiger partial charge in [0.05, 0.1) is 18.7 Å². The highest BCUT2D eigenvalue weighted by molar-refractivity contribution is 5.38. The van der Waals surface area contributed by atoms with E-state index in [2.05, 4.69) is 15.0 Å². The molecule has 0 saturated carbocycles. The molecular formula is C7H11N5O. The van der Waals surface area contributed by atoms with E-state index in [1.54, 1.807) is 6.92 Å². The van der Waals surface area contributed by atoms with Crippen molar-refractivity contribution in [1.82, 2.24) is 15.0 Å². The summed E-state index contributed by atoms with van der Waals surface area (Å²) in [6, 6.07) is 0. The molecule has 2 heterocycles. The van der Waals surface area contributed by atoms with Crippen molar-refractivity contribution in [3.8, 4) is 0 Å². The van der Waals surface area contributed by atoms with Crippen molar-refractivity contribution in [2.75, 3.05) is 23.7 Å². The van der Waals surface area contributed by atoms with Crippen LogP contribution in [0.5, 0.6) is 0 Å². The summed E-state index contributed by atoms with van der Waals surface area (Å²) < 4.78 is 0. The average Bonchev–Trinajstić information content (AvgIpc) is 2.00. The number of aromatic nitrogens is 3. The Morgan fingerprint density at radius 2 is 2.23 bits per heavy atom. The molecule has 6 heteroatoms. The van der Waals surface area contributed by atoms with Crippen molar-refractivity contribution in [2.45, 2.75) is 12.5 Å². The van der Waals surface area contributed by atoms with E-state index in [9.17, 15) is 5.11 Å². The first-order valence-corrected chi connectivity index (χ1v) is 3.99. The van der Waals surface area contributed by atoms with Crippen LogP contribution in [0.1, 0.15) is 6.92 Å². The van der Waals surface area contributed by atoms with Crippen LogP contribution >= 0.6 is 0 Å². The molecule has 0 atom stereocenters. The Morgan fingerprint density at radius 1 is 1.54 bits per heavy atom. The van der Waals surface area contributed by atoms with Crippen LogP contribution in [0.2, 0.25) is 0 Å². The van der Waals surface area contributed by atoms with Gasteiger partial charge in [-0.05, 0) is 6.92 Å². The lowest BCUT2D eigenvalue weighted by molar-refractivity contribution is 0.0300. The second-order valence-corrected chi connectivity index (χ2v) is 3.50. The number of anilines is 2. The van der Waals surface area contributed by atoms with E-state index < -0.39 is 5.60 Å². The first-order valence-electron chi connectivity index (χ1n) is 3.99. The molecular weight excluding hydrogens is 170 g/mol. The Balaban J connectivity index is 2.11. The van der Waals surface area contributed by atoms with Gasteiger partial charge in [0.25, 0.3) is 0 Å². The summed E-state index contributed by atoms with van der Waals surface area (Å²) in [7, 11) is 0. The number of nitrogens with zero attached hydrogens (tertiary/aromatic N) is 4. The minimum absolute atomic E-state index is 0.205. The van der Waals surface area contributed by atoms with E-state index >= 15 is 0 Å². The van der Waals surface area contributed by atoms with Crippen molar-refractivity contribution in [3.05, 3.63) is 6.33 Å². The van der Waals surface area contributed by atoms with Crippen molar-refractivity contribution in [3.63, 3.8) is 0 Å². The number of nitrogens with two attached hydrogens (primary N) is 1. The fourth-order valence-corrected chi connectivity index (χ4v) is 1.37. The van der Waals surface area contributed by atoms with E-state index in [-0.39, 0.29) is 5.95 Å². The maximum Gasteiger partial charge on any atom is 0.230 e. The number of rotatable bonds is 1. The van der Waals surface area contributed by atoms with E-state index in [0.717, 1.165) is 0 Å². The lowest BCUT2D eigenvalue weighted by Crippen LogP contribution is -2.60. The normalized spacial score (nSPS) is 19.7. The highest BCUT2D eigenvalue weighted by atomic mass is 16.3. The summed E-state index contributed by atoms with van der Waals surface area (Å²) in [5, 5.41) is 9.47. The predicted molar refractivity (Wildman–Crippen MR) is 47.1 cm³/mol. The third-order valence-corrected chi connectivity index (χ3v) is 1.92. The van der Waals surface area contributed by atoms with Gasteiger partial charge in [-0.3, -0.25) is 0 Å². The predicted octanol–water partition coefficient (Wildman–Crippen LogP) is -0.975. The van der Waals surface area contributed by atoms with Gasteiger partial charge in [-0.1, -0.05) is 0 Å². The molecule has 0 unspecified atom stereocenters. The van der Waals surface area contributed by atoms with Crippen molar-refractivity contribution < 1.29 is 5.11 Å². The number of β-amino-alcohol motifs (C(OH)–C–C–N with tert-alkyl or cyclic N) is 1. The minimum Gasteiger partial charge on any atom is -0.386 e. The molecule has 2 rings (SSSR count). The summed E-state index contributed by atoms with van der Waals surface area (Å²) >= 11 is 0. The molecule has 0 bridgehead atoms. The molecule has 1 aromatic rings. The van der Waals surface area contributed by atoms with E-state index in [1.807, 2.05) is 4.90 Å². The molecule has 3 N–H and O–H groups in total. The lowest BCUT2D eigenvalue weighted by Gasteiger charge is -2.43. The molecule has 70 valence electrons. The van der Waals surface area contributed by atoms with Gasteiger partial charge in [-0.25, -0.2) is 9.97 Å². The zero-order valence-electron chi connectivity index (χ0n) is 7.30. The Labute approximate surface area is 75.4 Å². The van der Waals surface area contributed by atoms with Gasteiger partial charge >= 0.3 is 0 Å². The minimum atomic E-state index is -0.624. The summed E-state index contributed by atoms with van der Waals surface area (Å²) in [6.45, 7) is 2.85. The average molecular weight is 181 g/mol. The summed E-state index contributed by atoms with van der Waals surface area (Å²) in [6.07, 6.45) is 1.37. The topological polar surface area (TPSA) is 88.2 Å². The molecule has 1 aromatic heterocycles. The van der Waals surface area contributed by atoms with Crippen LogP contribution in [0.4, 0.5) is 11.9 Å². The molecule has 0 aromatic carbocycles. The highest BCUT2D eigenvalue weighted by Crippen LogP contribution is 2.23. The third-order valence-electron chi connectivity index (χ3n) is 1.92. The maximum atomic E-state index is 9.47. The van der Waals surface area contributed by atoms with Gasteiger partial charge in [0.15, 0.2) is 0 Å². The van der Waals surface area contributed by atoms with Crippen LogP contribution in [0, 0.1) is 0 Å². The fraction of sp³-hybridized carbons (Fsp3) is 0.571. The summed E-state index contributed by atoms with van der Waals surface area (Å²) in [5.41, 5.74) is 4.77. The molecule has 1 fully saturated rings. The number of nitrogen functional groups attached to an aromatic ring is 1. The standard InChI is InChI=1S/C7H11N5O/c1-7(13)2-12(3-7)6-10-4-9-5(8)11-6/h4,13H,2-3H2,1H3,(H2,8,9,10,11). The van der Waals surface area contributed by atoms with Gasteiger partial charge in [-0.15, -0.1) is 0 Å². The summed E-state index contributed by atoms with van der Waals surface area (Å²) in [5.74, 6) is 0.732. The SMILES string of the molecule is CC1(O)CN(c2ncnc(N)n2)C1. The van der Waals surface area contributed by atoms with Crippen molar-refractivity contribution >= 4 is 11.9 Å². The number of hydrogen-bond donors (Lipinski definition) is 2. The Morgan fingerprint density at radius 3 is 2.77 bits per heavy atom. The van der Waals surface area contributed by atoms with Gasteiger partial charge in [0.2, 0.25) is 11.9 Å². The van der Waals surface area contributed by atoms with E-state index in [4.69, 9.17) is 5.73 Å². The highest BCUT2D eigenvalue weighted by Gasteiger charge is 2.37. The lowest BCUT2D eigenvalue weighted by atomic mass is 9.98. The number of aliphatic hydroxyl groups is 1. The summed E-state index contributed by atoms with van der Waals surface area (Å²) in [4.78, 5) is 13.4. The van der Waals surface area contributed by atoms with Crippen LogP contribution < -0.4 is 10.6 Å². The van der Waals surface area contributed by atoms with E-state index in [1.165, 1.54) is 6.33 Å². The van der Waals surface area contributed by atoms with Crippen LogP contribution in [0.15, 0.2) is 6.33 Å². The Kier molecular flexibility index (Phi) is 1.59. The quantitative estimate of drug-likeness (QED) is 0.579. The van der Waals surface area contributed by atoms with Crippen LogP contribution in [0.3, 0.4) is 0 Å². The third kappa shape index (κ3) is 1.52. The number of hydrogen-bond acceptors (Lipinski definition) is 6. The molecule has 0 aliphatic carbocycles. The second kappa shape index (κ2) is 2.53.